The lowest BCUT2D eigenvalue weighted by molar-refractivity contribution is 0.0216. The number of carbonyl (C=O) groups excluding carboxylic acids is 2. The molecule has 2 fully saturated rings. The minimum absolute atomic E-state index is 0.0230. The van der Waals surface area contributed by atoms with Crippen LogP contribution in [0.2, 0.25) is 0 Å². The molecule has 52 heavy (non-hydrogen) atoms. The second-order valence-electron chi connectivity index (χ2n) is 16.6. The van der Waals surface area contributed by atoms with E-state index in [1.165, 1.54) is 17.2 Å². The molecule has 2 aromatic heterocycles. The number of rotatable bonds is 6. The first kappa shape index (κ1) is 35.6. The van der Waals surface area contributed by atoms with Gasteiger partial charge < -0.3 is 29.2 Å². The molecule has 0 aliphatic carbocycles. The van der Waals surface area contributed by atoms with E-state index in [-0.39, 0.29) is 30.1 Å². The van der Waals surface area contributed by atoms with Gasteiger partial charge in [0.05, 0.1) is 0 Å². The predicted molar refractivity (Wildman–Crippen MR) is 205 cm³/mol. The number of nitrogens with one attached hydrogen (secondary N) is 2. The largest absolute Gasteiger partial charge is 0.444 e. The van der Waals surface area contributed by atoms with Gasteiger partial charge in [-0.25, -0.2) is 14.0 Å². The van der Waals surface area contributed by atoms with E-state index in [2.05, 4.69) is 59.4 Å². The molecule has 4 heterocycles. The first-order valence-corrected chi connectivity index (χ1v) is 18.6. The van der Waals surface area contributed by atoms with E-state index in [1.54, 1.807) is 6.07 Å². The van der Waals surface area contributed by atoms with Gasteiger partial charge in [0.1, 0.15) is 17.0 Å². The molecular formula is C43H51FN4O4. The van der Waals surface area contributed by atoms with Crippen molar-refractivity contribution in [3.05, 3.63) is 83.2 Å². The van der Waals surface area contributed by atoms with E-state index in [1.807, 2.05) is 57.4 Å². The van der Waals surface area contributed by atoms with Gasteiger partial charge in [0, 0.05) is 58.4 Å². The Kier molecular flexibility index (Phi) is 9.34. The normalized spacial score (nSPS) is 18.2. The first-order valence-electron chi connectivity index (χ1n) is 18.6. The van der Waals surface area contributed by atoms with Crippen LogP contribution in [0.3, 0.4) is 0 Å². The lowest BCUT2D eigenvalue weighted by Crippen LogP contribution is -2.40. The molecule has 0 saturated carbocycles. The number of ether oxygens (including phenoxy) is 2. The van der Waals surface area contributed by atoms with Gasteiger partial charge >= 0.3 is 12.2 Å². The number of carbonyl (C=O) groups is 2. The minimum atomic E-state index is -0.576. The molecule has 274 valence electrons. The molecule has 5 aromatic rings. The monoisotopic (exact) mass is 706 g/mol. The highest BCUT2D eigenvalue weighted by atomic mass is 19.1. The third-order valence-electron chi connectivity index (χ3n) is 10.3. The second-order valence-corrected chi connectivity index (χ2v) is 16.6. The highest BCUT2D eigenvalue weighted by Gasteiger charge is 2.35. The molecule has 8 nitrogen and oxygen atoms in total. The number of H-pyrrole nitrogens is 2. The average Bonchev–Trinajstić information content (AvgIpc) is 3.86. The van der Waals surface area contributed by atoms with Gasteiger partial charge in [0.15, 0.2) is 0 Å². The van der Waals surface area contributed by atoms with Crippen molar-refractivity contribution in [2.24, 2.45) is 0 Å². The Bertz CT molecular complexity index is 1970. The van der Waals surface area contributed by atoms with E-state index < -0.39 is 11.2 Å². The van der Waals surface area contributed by atoms with Crippen molar-refractivity contribution in [3.63, 3.8) is 0 Å². The quantitative estimate of drug-likeness (QED) is 0.184. The standard InChI is InChI=1S/C43H51FN4O4/c1-26-12-18-32-34(24-30-10-8-20-47(30)40(49)51-42(2,3)4)38(45-36(32)22-26)27-13-15-28(16-14-27)39-35(33-19-17-29(44)23-37(33)46-39)25-31-11-9-21-48(31)41(50)52-43(5,6)7/h12-19,22-23,30-31,45-46H,8-11,20-21,24-25H2,1-7H3/t30-,31-/m0/s1. The van der Waals surface area contributed by atoms with Crippen LogP contribution in [0.4, 0.5) is 14.0 Å². The van der Waals surface area contributed by atoms with Crippen LogP contribution in [0.5, 0.6) is 0 Å². The number of hydrogen-bond acceptors (Lipinski definition) is 4. The first-order chi connectivity index (χ1) is 24.6. The Balaban J connectivity index is 1.22. The number of amides is 2. The maximum atomic E-state index is 14.5. The van der Waals surface area contributed by atoms with Crippen molar-refractivity contribution in [1.82, 2.24) is 19.8 Å². The smallest absolute Gasteiger partial charge is 0.410 e. The maximum absolute atomic E-state index is 14.5. The summed E-state index contributed by atoms with van der Waals surface area (Å²) in [4.78, 5) is 37.4. The molecule has 2 atom stereocenters. The number of aromatic nitrogens is 2. The molecule has 0 spiro atoms. The fourth-order valence-electron chi connectivity index (χ4n) is 8.01. The predicted octanol–water partition coefficient (Wildman–Crippen LogP) is 10.3. The van der Waals surface area contributed by atoms with Crippen molar-refractivity contribution in [1.29, 1.82) is 0 Å². The number of aromatic amines is 2. The molecule has 3 aromatic carbocycles. The summed E-state index contributed by atoms with van der Waals surface area (Å²) >= 11 is 0. The highest BCUT2D eigenvalue weighted by Crippen LogP contribution is 2.38. The van der Waals surface area contributed by atoms with Crippen LogP contribution >= 0.6 is 0 Å². The molecule has 0 unspecified atom stereocenters. The molecular weight excluding hydrogens is 655 g/mol. The molecule has 2 aliphatic rings. The number of hydrogen-bond donors (Lipinski definition) is 2. The fourth-order valence-corrected chi connectivity index (χ4v) is 8.01. The van der Waals surface area contributed by atoms with Crippen LogP contribution in [0.1, 0.15) is 83.9 Å². The summed E-state index contributed by atoms with van der Waals surface area (Å²) in [5.41, 5.74) is 8.10. The molecule has 2 aliphatic heterocycles. The number of halogens is 1. The van der Waals surface area contributed by atoms with Crippen LogP contribution < -0.4 is 0 Å². The Hall–Kier alpha value is -4.79. The molecule has 0 radical (unpaired) electrons. The summed E-state index contributed by atoms with van der Waals surface area (Å²) in [6.45, 7) is 14.8. The average molecular weight is 707 g/mol. The van der Waals surface area contributed by atoms with Crippen LogP contribution in [0.25, 0.3) is 44.3 Å². The summed E-state index contributed by atoms with van der Waals surface area (Å²) in [6, 6.07) is 19.9. The molecule has 2 N–H and O–H groups in total. The Labute approximate surface area is 305 Å². The summed E-state index contributed by atoms with van der Waals surface area (Å²) in [5, 5.41) is 2.11. The molecule has 7 rings (SSSR count). The third kappa shape index (κ3) is 7.41. The van der Waals surface area contributed by atoms with E-state index in [0.29, 0.717) is 25.9 Å². The van der Waals surface area contributed by atoms with Crippen molar-refractivity contribution in [2.45, 2.75) is 110 Å². The van der Waals surface area contributed by atoms with Gasteiger partial charge in [-0.3, -0.25) is 0 Å². The number of benzene rings is 3. The highest BCUT2D eigenvalue weighted by molar-refractivity contribution is 5.93. The zero-order valence-corrected chi connectivity index (χ0v) is 31.5. The summed E-state index contributed by atoms with van der Waals surface area (Å²) < 4.78 is 26.0. The molecule has 9 heteroatoms. The van der Waals surface area contributed by atoms with E-state index in [0.717, 1.165) is 75.6 Å². The van der Waals surface area contributed by atoms with Crippen LogP contribution in [-0.4, -0.2) is 68.3 Å². The van der Waals surface area contributed by atoms with Gasteiger partial charge in [-0.2, -0.15) is 0 Å². The zero-order chi connectivity index (χ0) is 36.9. The van der Waals surface area contributed by atoms with E-state index in [9.17, 15) is 14.0 Å². The van der Waals surface area contributed by atoms with Gasteiger partial charge in [0.2, 0.25) is 0 Å². The second kappa shape index (κ2) is 13.6. The Morgan fingerprint density at radius 2 is 1.13 bits per heavy atom. The molecule has 2 saturated heterocycles. The number of fused-ring (bicyclic) bond motifs is 2. The summed E-state index contributed by atoms with van der Waals surface area (Å²) in [6.07, 6.45) is 4.46. The van der Waals surface area contributed by atoms with Crippen molar-refractivity contribution in [2.75, 3.05) is 13.1 Å². The van der Waals surface area contributed by atoms with Crippen molar-refractivity contribution in [3.8, 4) is 22.5 Å². The zero-order valence-electron chi connectivity index (χ0n) is 31.5. The Morgan fingerprint density at radius 1 is 0.692 bits per heavy atom. The summed E-state index contributed by atoms with van der Waals surface area (Å²) in [5.74, 6) is -0.299. The van der Waals surface area contributed by atoms with Crippen LogP contribution in [0, 0.1) is 12.7 Å². The number of nitrogens with zero attached hydrogens (tertiary/aromatic N) is 2. The van der Waals surface area contributed by atoms with Crippen LogP contribution in [-0.2, 0) is 22.3 Å². The molecule has 2 amide bonds. The van der Waals surface area contributed by atoms with Crippen molar-refractivity contribution >= 4 is 34.0 Å². The lowest BCUT2D eigenvalue weighted by atomic mass is 9.95. The molecule has 0 bridgehead atoms. The van der Waals surface area contributed by atoms with Crippen molar-refractivity contribution < 1.29 is 23.5 Å². The number of likely N-dealkylation sites (tertiary alicyclic amines) is 2. The van der Waals surface area contributed by atoms with Gasteiger partial charge in [-0.15, -0.1) is 0 Å². The third-order valence-corrected chi connectivity index (χ3v) is 10.3. The topological polar surface area (TPSA) is 90.7 Å². The van der Waals surface area contributed by atoms with Gasteiger partial charge in [-0.1, -0.05) is 36.4 Å². The van der Waals surface area contributed by atoms with E-state index >= 15 is 0 Å². The number of aryl methyl sites for hydroxylation is 1. The van der Waals surface area contributed by atoms with Gasteiger partial charge in [0.25, 0.3) is 0 Å². The SMILES string of the molecule is Cc1ccc2c(C[C@@H]3CCCN3C(=O)OC(C)(C)C)c(-c3ccc(-c4[nH]c5cc(F)ccc5c4C[C@@H]4CCCN4C(=O)OC(C)(C)C)cc3)[nH]c2c1. The van der Waals surface area contributed by atoms with Gasteiger partial charge in [-0.05, 0) is 139 Å². The summed E-state index contributed by atoms with van der Waals surface area (Å²) in [7, 11) is 0. The maximum Gasteiger partial charge on any atom is 0.410 e. The lowest BCUT2D eigenvalue weighted by Gasteiger charge is -2.29. The van der Waals surface area contributed by atoms with Crippen LogP contribution in [0.15, 0.2) is 60.7 Å². The fraction of sp³-hybridized carbons (Fsp3) is 0.442. The Morgan fingerprint density at radius 3 is 1.60 bits per heavy atom. The minimum Gasteiger partial charge on any atom is -0.444 e. The van der Waals surface area contributed by atoms with E-state index in [4.69, 9.17) is 9.47 Å².